The van der Waals surface area contributed by atoms with Crippen molar-refractivity contribution in [3.05, 3.63) is 34.4 Å². The molecule has 0 amide bonds. The number of benzene rings is 1. The quantitative estimate of drug-likeness (QED) is 0.271. The monoisotopic (exact) mass is 239 g/mol. The molecule has 1 aromatic carbocycles. The molecule has 0 saturated heterocycles. The van der Waals surface area contributed by atoms with Gasteiger partial charge in [0.25, 0.3) is 5.69 Å². The van der Waals surface area contributed by atoms with Gasteiger partial charge in [0.2, 0.25) is 0 Å². The predicted molar refractivity (Wildman–Crippen MR) is 49.5 cm³/mol. The number of nitrogens with zero attached hydrogens (tertiary/aromatic N) is 1. The van der Waals surface area contributed by atoms with Crippen LogP contribution in [0.25, 0.3) is 0 Å². The Morgan fingerprint density at radius 2 is 1.80 bits per heavy atom. The van der Waals surface area contributed by atoms with E-state index in [-0.39, 0.29) is 11.0 Å². The Labute approximate surface area is 84.7 Å². The fourth-order valence-corrected chi connectivity index (χ4v) is 1.26. The number of hydrogen-bond acceptors (Lipinski definition) is 5. The minimum Gasteiger partial charge on any atom is -0.744 e. The van der Waals surface area contributed by atoms with E-state index < -0.39 is 25.6 Å². The third-order valence-electron chi connectivity index (χ3n) is 1.32. The Bertz CT molecular complexity index is 441. The van der Waals surface area contributed by atoms with E-state index >= 15 is 0 Å². The van der Waals surface area contributed by atoms with Crippen LogP contribution in [-0.2, 0) is 15.6 Å². The lowest BCUT2D eigenvalue weighted by atomic mass is 10.3. The molecule has 0 atom stereocenters. The second-order valence-electron chi connectivity index (χ2n) is 2.21. The molecule has 0 fully saturated rings. The lowest BCUT2D eigenvalue weighted by Gasteiger charge is -2.05. The van der Waals surface area contributed by atoms with Gasteiger partial charge in [0, 0.05) is 12.1 Å². The van der Waals surface area contributed by atoms with Crippen LogP contribution in [0.3, 0.4) is 0 Å². The van der Waals surface area contributed by atoms with Gasteiger partial charge in [-0.05, 0) is 6.07 Å². The van der Waals surface area contributed by atoms with Gasteiger partial charge < -0.3 is 15.5 Å². The fraction of sp³-hybridized carbons (Fsp3) is 0. The maximum Gasteiger partial charge on any atom is 0.270 e. The van der Waals surface area contributed by atoms with Gasteiger partial charge in [0.05, 0.1) is 9.82 Å². The highest BCUT2D eigenvalue weighted by Gasteiger charge is 2.08. The predicted octanol–water partition coefficient (Wildman–Crippen LogP) is -1.25. The summed E-state index contributed by atoms with van der Waals surface area (Å²) in [5, 5.41) is 10.2. The van der Waals surface area contributed by atoms with Crippen molar-refractivity contribution in [1.82, 2.24) is 0 Å². The number of hydrogen-bond donors (Lipinski definition) is 0. The molecule has 0 aliphatic rings. The van der Waals surface area contributed by atoms with Crippen LogP contribution in [0.15, 0.2) is 29.2 Å². The van der Waals surface area contributed by atoms with Gasteiger partial charge in [-0.2, -0.15) is 0 Å². The number of nitro groups is 1. The highest BCUT2D eigenvalue weighted by atomic mass is 32.2. The molecule has 0 spiro atoms. The molecular formula is C6H9NO7S. The normalized spacial score (nSPS) is 9.67. The van der Waals surface area contributed by atoms with Crippen molar-refractivity contribution < 1.29 is 28.8 Å². The molecule has 0 radical (unpaired) electrons. The third kappa shape index (κ3) is 3.99. The second-order valence-corrected chi connectivity index (χ2v) is 3.59. The zero-order valence-corrected chi connectivity index (χ0v) is 8.10. The van der Waals surface area contributed by atoms with Crippen LogP contribution in [0.2, 0.25) is 0 Å². The molecule has 9 heteroatoms. The van der Waals surface area contributed by atoms with Crippen LogP contribution < -0.4 is 0 Å². The lowest BCUT2D eigenvalue weighted by molar-refractivity contribution is -0.385. The molecule has 5 N–H and O–H groups in total. The first-order valence-electron chi connectivity index (χ1n) is 3.11. The van der Waals surface area contributed by atoms with E-state index in [1.54, 1.807) is 0 Å². The van der Waals surface area contributed by atoms with Gasteiger partial charge in [-0.3, -0.25) is 10.1 Å². The molecule has 0 aliphatic heterocycles. The Morgan fingerprint density at radius 3 is 2.20 bits per heavy atom. The highest BCUT2D eigenvalue weighted by Crippen LogP contribution is 2.16. The second kappa shape index (κ2) is 5.36. The van der Waals surface area contributed by atoms with Crippen molar-refractivity contribution in [3.63, 3.8) is 0 Å². The summed E-state index contributed by atoms with van der Waals surface area (Å²) in [6.07, 6.45) is 0. The standard InChI is InChI=1S/C6H5NO5S.2H2O/c8-7(9)5-2-1-3-6(4-5)13(10,11)12;;/h1-4H,(H,10,11,12);2*1H2. The first-order chi connectivity index (χ1) is 5.91. The minimum atomic E-state index is -4.61. The van der Waals surface area contributed by atoms with E-state index in [2.05, 4.69) is 0 Å². The molecule has 0 heterocycles. The van der Waals surface area contributed by atoms with Crippen molar-refractivity contribution in [2.24, 2.45) is 0 Å². The molecule has 0 unspecified atom stereocenters. The highest BCUT2D eigenvalue weighted by molar-refractivity contribution is 7.85. The summed E-state index contributed by atoms with van der Waals surface area (Å²) in [4.78, 5) is 8.82. The lowest BCUT2D eigenvalue weighted by Crippen LogP contribution is -1.99. The van der Waals surface area contributed by atoms with Gasteiger partial charge in [-0.15, -0.1) is 0 Å². The zero-order valence-electron chi connectivity index (χ0n) is 7.28. The molecule has 0 aliphatic carbocycles. The van der Waals surface area contributed by atoms with E-state index in [0.29, 0.717) is 0 Å². The molecular weight excluding hydrogens is 230 g/mol. The summed E-state index contributed by atoms with van der Waals surface area (Å²) in [7, 11) is -4.61. The average molecular weight is 239 g/mol. The number of rotatable bonds is 2. The first kappa shape index (κ1) is 15.9. The first-order valence-corrected chi connectivity index (χ1v) is 4.52. The van der Waals surface area contributed by atoms with Crippen LogP contribution in [0.5, 0.6) is 0 Å². The zero-order chi connectivity index (χ0) is 10.1. The molecule has 0 aromatic heterocycles. The van der Waals surface area contributed by atoms with Gasteiger partial charge in [0.1, 0.15) is 10.1 Å². The fourth-order valence-electron chi connectivity index (χ4n) is 0.753. The largest absolute Gasteiger partial charge is 0.744 e. The maximum absolute atomic E-state index is 10.4. The topological polar surface area (TPSA) is 165 Å². The van der Waals surface area contributed by atoms with E-state index in [1.165, 1.54) is 0 Å². The van der Waals surface area contributed by atoms with Crippen LogP contribution >= 0.6 is 0 Å². The average Bonchev–Trinajstić information content (AvgIpc) is 2.03. The molecule has 0 bridgehead atoms. The molecule has 15 heavy (non-hydrogen) atoms. The van der Waals surface area contributed by atoms with E-state index in [4.69, 9.17) is 0 Å². The van der Waals surface area contributed by atoms with Crippen LogP contribution in [-0.4, -0.2) is 23.4 Å². The summed E-state index contributed by atoms with van der Waals surface area (Å²) in [5.41, 5.74) is -0.420. The number of nitro benzene ring substituents is 1. The Kier molecular flexibility index (Phi) is 5.68. The van der Waals surface area contributed by atoms with Gasteiger partial charge >= 0.3 is 0 Å². The van der Waals surface area contributed by atoms with Gasteiger partial charge in [-0.25, -0.2) is 8.42 Å². The van der Waals surface area contributed by atoms with E-state index in [1.807, 2.05) is 0 Å². The molecule has 0 saturated carbocycles. The van der Waals surface area contributed by atoms with Crippen molar-refractivity contribution in [1.29, 1.82) is 0 Å². The summed E-state index contributed by atoms with van der Waals surface area (Å²) >= 11 is 0. The number of non-ortho nitro benzene ring substituents is 1. The molecule has 1 aromatic rings. The molecule has 8 nitrogen and oxygen atoms in total. The summed E-state index contributed by atoms with van der Waals surface area (Å²) in [6, 6.07) is 3.98. The summed E-state index contributed by atoms with van der Waals surface area (Å²) in [5.74, 6) is 0. The SMILES string of the molecule is O.O=[N+]([O-])c1cccc(S(=O)(=O)[O-])c1.[OH3+]. The maximum atomic E-state index is 10.4. The van der Waals surface area contributed by atoms with E-state index in [0.717, 1.165) is 24.3 Å². The smallest absolute Gasteiger partial charge is 0.270 e. The van der Waals surface area contributed by atoms with E-state index in [9.17, 15) is 23.1 Å². The van der Waals surface area contributed by atoms with Crippen molar-refractivity contribution in [2.45, 2.75) is 4.90 Å². The van der Waals surface area contributed by atoms with Crippen molar-refractivity contribution in [2.75, 3.05) is 0 Å². The Morgan fingerprint density at radius 1 is 1.27 bits per heavy atom. The van der Waals surface area contributed by atoms with Crippen molar-refractivity contribution >= 4 is 15.8 Å². The molecule has 86 valence electrons. The van der Waals surface area contributed by atoms with Crippen molar-refractivity contribution in [3.8, 4) is 0 Å². The minimum absolute atomic E-state index is 0. The Hall–Kier alpha value is -1.55. The Balaban J connectivity index is 0. The van der Waals surface area contributed by atoms with Crippen LogP contribution in [0.4, 0.5) is 5.69 Å². The van der Waals surface area contributed by atoms with Crippen LogP contribution in [0, 0.1) is 10.1 Å². The van der Waals surface area contributed by atoms with Gasteiger partial charge in [0.15, 0.2) is 0 Å². The van der Waals surface area contributed by atoms with Gasteiger partial charge in [-0.1, -0.05) is 6.07 Å². The van der Waals surface area contributed by atoms with Crippen LogP contribution in [0.1, 0.15) is 0 Å². The summed E-state index contributed by atoms with van der Waals surface area (Å²) < 4.78 is 31.3. The summed E-state index contributed by atoms with van der Waals surface area (Å²) in [6.45, 7) is 0. The third-order valence-corrected chi connectivity index (χ3v) is 2.15. The molecule has 1 rings (SSSR count).